The molecule has 1 aromatic rings. The van der Waals surface area contributed by atoms with E-state index in [0.717, 1.165) is 35.3 Å². The number of unbranched alkanes of at least 4 members (excludes halogenated alkanes) is 5. The summed E-state index contributed by atoms with van der Waals surface area (Å²) in [6.07, 6.45) is 9.63. The number of nitrogens with zero attached hydrogens (tertiary/aromatic N) is 2. The summed E-state index contributed by atoms with van der Waals surface area (Å²) in [6.45, 7) is 4.11. The third kappa shape index (κ3) is 6.67. The molecule has 0 unspecified atom stereocenters. The summed E-state index contributed by atoms with van der Waals surface area (Å²) < 4.78 is 28.4. The maximum atomic E-state index is 12.2. The lowest BCUT2D eigenvalue weighted by molar-refractivity contribution is 0.585. The molecule has 0 fully saturated rings. The number of nitriles is 1. The molecule has 4 nitrogen and oxygen atoms in total. The first-order valence-electron chi connectivity index (χ1n) is 9.36. The Morgan fingerprint density at radius 2 is 1.81 bits per heavy atom. The second-order valence-corrected chi connectivity index (χ2v) is 9.40. The van der Waals surface area contributed by atoms with Gasteiger partial charge in [-0.05, 0) is 36.6 Å². The molecular weight excluding hydrogens is 376 g/mol. The zero-order chi connectivity index (χ0) is 19.7. The number of sulfonamides is 1. The van der Waals surface area contributed by atoms with E-state index < -0.39 is 10.0 Å². The predicted octanol–water partition coefficient (Wildman–Crippen LogP) is 5.62. The quantitative estimate of drug-likeness (QED) is 0.397. The van der Waals surface area contributed by atoms with Gasteiger partial charge >= 0.3 is 0 Å². The Balaban J connectivity index is 2.03. The van der Waals surface area contributed by atoms with E-state index in [2.05, 4.69) is 17.4 Å². The zero-order valence-corrected chi connectivity index (χ0v) is 17.6. The minimum atomic E-state index is -3.48. The normalized spacial score (nSPS) is 17.3. The Hall–Kier alpha value is -1.84. The Labute approximate surface area is 167 Å². The lowest BCUT2D eigenvalue weighted by Gasteiger charge is -2.06. The Morgan fingerprint density at radius 3 is 2.52 bits per heavy atom. The third-order valence-electron chi connectivity index (χ3n) is 4.35. The van der Waals surface area contributed by atoms with Crippen LogP contribution in [0.3, 0.4) is 0 Å². The van der Waals surface area contributed by atoms with Crippen molar-refractivity contribution in [1.29, 1.82) is 5.26 Å². The fourth-order valence-corrected chi connectivity index (χ4v) is 5.10. The molecule has 1 heterocycles. The van der Waals surface area contributed by atoms with Crippen LogP contribution in [0.15, 0.2) is 45.7 Å². The molecule has 2 rings (SSSR count). The largest absolute Gasteiger partial charge is 0.254 e. The molecular formula is C21H26N2O2S2. The first-order chi connectivity index (χ1) is 13.0. The minimum Gasteiger partial charge on any atom is -0.205 e. The van der Waals surface area contributed by atoms with Gasteiger partial charge in [-0.15, -0.1) is 0 Å². The molecule has 0 saturated heterocycles. The van der Waals surface area contributed by atoms with E-state index in [1.807, 2.05) is 31.2 Å². The summed E-state index contributed by atoms with van der Waals surface area (Å²) in [7, 11) is -3.48. The van der Waals surface area contributed by atoms with Crippen molar-refractivity contribution in [1.82, 2.24) is 0 Å². The predicted molar refractivity (Wildman–Crippen MR) is 115 cm³/mol. The molecule has 27 heavy (non-hydrogen) atoms. The highest BCUT2D eigenvalue weighted by Gasteiger charge is 2.18. The number of hydrogen-bond donors (Lipinski definition) is 0. The van der Waals surface area contributed by atoms with Gasteiger partial charge in [-0.3, -0.25) is 0 Å². The molecule has 0 radical (unpaired) electrons. The molecule has 1 aromatic carbocycles. The maximum absolute atomic E-state index is 12.2. The average molecular weight is 403 g/mol. The molecule has 0 bridgehead atoms. The van der Waals surface area contributed by atoms with Gasteiger partial charge in [0, 0.05) is 4.91 Å². The molecule has 1 aliphatic heterocycles. The van der Waals surface area contributed by atoms with Crippen molar-refractivity contribution >= 4 is 32.4 Å². The average Bonchev–Trinajstić information content (AvgIpc) is 3.07. The van der Waals surface area contributed by atoms with Crippen LogP contribution in [0.5, 0.6) is 0 Å². The van der Waals surface area contributed by atoms with Crippen LogP contribution < -0.4 is 0 Å². The van der Waals surface area contributed by atoms with E-state index in [9.17, 15) is 13.7 Å². The molecule has 1 aliphatic rings. The second-order valence-electron chi connectivity index (χ2n) is 6.58. The van der Waals surface area contributed by atoms with E-state index in [4.69, 9.17) is 0 Å². The summed E-state index contributed by atoms with van der Waals surface area (Å²) in [6, 6.07) is 9.92. The summed E-state index contributed by atoms with van der Waals surface area (Å²) in [4.78, 5) is 0.736. The minimum absolute atomic E-state index is 0.0823. The van der Waals surface area contributed by atoms with Gasteiger partial charge < -0.3 is 0 Å². The summed E-state index contributed by atoms with van der Waals surface area (Å²) in [5.41, 5.74) is 2.42. The van der Waals surface area contributed by atoms with Crippen molar-refractivity contribution in [2.24, 2.45) is 4.40 Å². The lowest BCUT2D eigenvalue weighted by atomic mass is 10.0. The van der Waals surface area contributed by atoms with Crippen LogP contribution in [0.1, 0.15) is 56.6 Å². The number of allylic oxidation sites excluding steroid dienone is 2. The van der Waals surface area contributed by atoms with Crippen LogP contribution in [0.4, 0.5) is 0 Å². The zero-order valence-electron chi connectivity index (χ0n) is 15.9. The highest BCUT2D eigenvalue weighted by molar-refractivity contribution is 8.18. The van der Waals surface area contributed by atoms with Crippen LogP contribution in [-0.4, -0.2) is 19.2 Å². The number of thioether (sulfide) groups is 1. The fraction of sp³-hybridized carbons (Fsp3) is 0.429. The van der Waals surface area contributed by atoms with Crippen molar-refractivity contribution in [2.75, 3.05) is 5.75 Å². The molecule has 0 aromatic heterocycles. The topological polar surface area (TPSA) is 70.3 Å². The first-order valence-corrected chi connectivity index (χ1v) is 11.8. The van der Waals surface area contributed by atoms with Crippen molar-refractivity contribution in [2.45, 2.75) is 52.4 Å². The van der Waals surface area contributed by atoms with E-state index in [1.165, 1.54) is 24.6 Å². The molecule has 0 spiro atoms. The van der Waals surface area contributed by atoms with Crippen LogP contribution in [-0.2, 0) is 10.0 Å². The van der Waals surface area contributed by atoms with Crippen LogP contribution in [0.2, 0.25) is 0 Å². The number of benzene rings is 1. The standard InChI is InChI=1S/C21H26N2O2S2/c1-3-4-5-6-7-10-15-27(24,25)23-21-14-13-20(26-21)19(16-22)18-12-9-8-11-17(18)2/h8-9,11-14H,3-7,10,15H2,1-2H3/b20-19+,23-21?. The van der Waals surface area contributed by atoms with Crippen molar-refractivity contribution in [3.63, 3.8) is 0 Å². The van der Waals surface area contributed by atoms with E-state index in [1.54, 1.807) is 12.2 Å². The first kappa shape index (κ1) is 21.5. The highest BCUT2D eigenvalue weighted by atomic mass is 32.2. The molecule has 0 N–H and O–H groups in total. The van der Waals surface area contributed by atoms with Crippen molar-refractivity contribution < 1.29 is 8.42 Å². The fourth-order valence-electron chi connectivity index (χ4n) is 2.86. The smallest absolute Gasteiger partial charge is 0.205 e. The van der Waals surface area contributed by atoms with E-state index in [0.29, 0.717) is 17.0 Å². The summed E-state index contributed by atoms with van der Waals surface area (Å²) in [5.74, 6) is 0.0823. The van der Waals surface area contributed by atoms with Crippen molar-refractivity contribution in [3.05, 3.63) is 52.4 Å². The summed E-state index contributed by atoms with van der Waals surface area (Å²) >= 11 is 1.24. The van der Waals surface area contributed by atoms with Gasteiger partial charge in [-0.1, -0.05) is 75.1 Å². The highest BCUT2D eigenvalue weighted by Crippen LogP contribution is 2.35. The molecule has 6 heteroatoms. The van der Waals surface area contributed by atoms with E-state index >= 15 is 0 Å². The Kier molecular flexibility index (Phi) is 8.33. The Bertz CT molecular complexity index is 891. The third-order valence-corrected chi connectivity index (χ3v) is 6.74. The molecule has 0 amide bonds. The SMILES string of the molecule is CCCCCCCCS(=O)(=O)N=C1C=C/C(=C(/C#N)c2ccccc2C)S1. The van der Waals surface area contributed by atoms with Crippen molar-refractivity contribution in [3.8, 4) is 6.07 Å². The van der Waals surface area contributed by atoms with Gasteiger partial charge in [0.1, 0.15) is 11.1 Å². The molecule has 144 valence electrons. The van der Waals surface area contributed by atoms with Gasteiger partial charge in [0.25, 0.3) is 10.0 Å². The second kappa shape index (κ2) is 10.5. The number of aryl methyl sites for hydroxylation is 1. The van der Waals surface area contributed by atoms with Crippen LogP contribution in [0, 0.1) is 18.3 Å². The van der Waals surface area contributed by atoms with E-state index in [-0.39, 0.29) is 5.75 Å². The molecule has 0 saturated carbocycles. The number of rotatable bonds is 9. The number of hydrogen-bond acceptors (Lipinski definition) is 4. The molecule has 0 aliphatic carbocycles. The summed E-state index contributed by atoms with van der Waals surface area (Å²) in [5, 5.41) is 10.0. The van der Waals surface area contributed by atoms with Crippen LogP contribution >= 0.6 is 11.8 Å². The van der Waals surface area contributed by atoms with Gasteiger partial charge in [-0.2, -0.15) is 9.66 Å². The lowest BCUT2D eigenvalue weighted by Crippen LogP contribution is -2.04. The van der Waals surface area contributed by atoms with Gasteiger partial charge in [-0.25, -0.2) is 8.42 Å². The Morgan fingerprint density at radius 1 is 1.11 bits per heavy atom. The molecule has 0 atom stereocenters. The van der Waals surface area contributed by atoms with Gasteiger partial charge in [0.2, 0.25) is 0 Å². The maximum Gasteiger partial charge on any atom is 0.254 e. The van der Waals surface area contributed by atoms with Gasteiger partial charge in [0.15, 0.2) is 0 Å². The van der Waals surface area contributed by atoms with Crippen LogP contribution in [0.25, 0.3) is 5.57 Å². The monoisotopic (exact) mass is 402 g/mol. The van der Waals surface area contributed by atoms with Gasteiger partial charge in [0.05, 0.1) is 11.3 Å².